The molecule has 1 aromatic heterocycles. The monoisotopic (exact) mass is 352 g/mol. The summed E-state index contributed by atoms with van der Waals surface area (Å²) >= 11 is 0. The van der Waals surface area contributed by atoms with Crippen molar-refractivity contribution in [2.75, 3.05) is 20.6 Å². The van der Waals surface area contributed by atoms with Crippen molar-refractivity contribution >= 4 is 11.9 Å². The average Bonchev–Trinajstić information content (AvgIpc) is 3.15. The predicted molar refractivity (Wildman–Crippen MR) is 74.7 cm³/mol. The summed E-state index contributed by atoms with van der Waals surface area (Å²) in [5.74, 6) is -2.02. The average molecular weight is 352 g/mol. The van der Waals surface area contributed by atoms with E-state index in [0.29, 0.717) is 5.82 Å². The molecule has 12 heteroatoms. The zero-order valence-electron chi connectivity index (χ0n) is 13.4. The molecule has 1 amide bonds. The number of likely N-dealkylation sites (tertiary alicyclic amines) is 1. The van der Waals surface area contributed by atoms with Crippen molar-refractivity contribution in [3.05, 3.63) is 5.82 Å². The molecule has 1 unspecified atom stereocenters. The largest absolute Gasteiger partial charge is 0.490 e. The molecule has 1 aliphatic heterocycles. The third-order valence-corrected chi connectivity index (χ3v) is 3.57. The summed E-state index contributed by atoms with van der Waals surface area (Å²) in [6.07, 6.45) is -3.18. The first-order valence-corrected chi connectivity index (χ1v) is 7.06. The summed E-state index contributed by atoms with van der Waals surface area (Å²) < 4.78 is 31.7. The number of carbonyl (C=O) groups excluding carboxylic acids is 1. The van der Waals surface area contributed by atoms with Gasteiger partial charge in [0.1, 0.15) is 0 Å². The van der Waals surface area contributed by atoms with Crippen LogP contribution in [0.2, 0.25) is 0 Å². The molecule has 1 fully saturated rings. The molecule has 2 N–H and O–H groups in total. The first-order chi connectivity index (χ1) is 11.1. The number of alkyl halides is 3. The van der Waals surface area contributed by atoms with Crippen LogP contribution in [0.25, 0.3) is 0 Å². The Balaban J connectivity index is 0.000000351. The van der Waals surface area contributed by atoms with Gasteiger partial charge >= 0.3 is 12.1 Å². The van der Waals surface area contributed by atoms with E-state index in [-0.39, 0.29) is 18.0 Å². The van der Waals surface area contributed by atoms with Crippen molar-refractivity contribution in [3.8, 4) is 0 Å². The van der Waals surface area contributed by atoms with Crippen LogP contribution in [0.1, 0.15) is 31.6 Å². The Bertz CT molecular complexity index is 549. The van der Waals surface area contributed by atoms with Crippen LogP contribution in [-0.2, 0) is 9.59 Å². The van der Waals surface area contributed by atoms with Crippen LogP contribution >= 0.6 is 0 Å². The van der Waals surface area contributed by atoms with E-state index in [1.54, 1.807) is 0 Å². The van der Waals surface area contributed by atoms with Gasteiger partial charge in [0.05, 0.1) is 12.1 Å². The number of aromatic nitrogens is 4. The second-order valence-electron chi connectivity index (χ2n) is 5.40. The van der Waals surface area contributed by atoms with E-state index in [1.807, 2.05) is 30.8 Å². The van der Waals surface area contributed by atoms with E-state index in [0.717, 1.165) is 19.4 Å². The molecule has 0 spiro atoms. The minimum Gasteiger partial charge on any atom is -0.475 e. The van der Waals surface area contributed by atoms with Crippen LogP contribution in [0.4, 0.5) is 13.2 Å². The summed E-state index contributed by atoms with van der Waals surface area (Å²) in [5.41, 5.74) is 0. The zero-order valence-corrected chi connectivity index (χ0v) is 13.4. The Morgan fingerprint density at radius 3 is 2.42 bits per heavy atom. The lowest BCUT2D eigenvalue weighted by Gasteiger charge is -2.28. The van der Waals surface area contributed by atoms with Gasteiger partial charge in [0, 0.05) is 6.54 Å². The van der Waals surface area contributed by atoms with Gasteiger partial charge in [-0.25, -0.2) is 4.79 Å². The summed E-state index contributed by atoms with van der Waals surface area (Å²) in [6, 6.07) is -0.147. The molecule has 2 atom stereocenters. The fraction of sp³-hybridized carbons (Fsp3) is 0.750. The number of nitrogens with one attached hydrogen (secondary N) is 1. The lowest BCUT2D eigenvalue weighted by molar-refractivity contribution is -0.192. The SMILES string of the molecule is C[C@H](C(=O)N1CCCC1c1nn[nH]n1)N(C)C.O=C(O)C(F)(F)F. The van der Waals surface area contributed by atoms with Crippen molar-refractivity contribution in [1.29, 1.82) is 0 Å². The fourth-order valence-corrected chi connectivity index (χ4v) is 2.07. The number of tetrazole rings is 1. The summed E-state index contributed by atoms with van der Waals surface area (Å²) in [6.45, 7) is 2.68. The Morgan fingerprint density at radius 2 is 2.00 bits per heavy atom. The minimum absolute atomic E-state index is 0.0244. The van der Waals surface area contributed by atoms with Crippen molar-refractivity contribution in [3.63, 3.8) is 0 Å². The van der Waals surface area contributed by atoms with Gasteiger partial charge in [0.25, 0.3) is 0 Å². The van der Waals surface area contributed by atoms with Gasteiger partial charge in [-0.2, -0.15) is 18.4 Å². The number of aliphatic carboxylic acids is 1. The lowest BCUT2D eigenvalue weighted by Crippen LogP contribution is -2.44. The Morgan fingerprint density at radius 1 is 1.42 bits per heavy atom. The Labute approximate surface area is 135 Å². The van der Waals surface area contributed by atoms with Crippen LogP contribution in [0.15, 0.2) is 0 Å². The molecule has 0 radical (unpaired) electrons. The highest BCUT2D eigenvalue weighted by atomic mass is 19.4. The van der Waals surface area contributed by atoms with Gasteiger partial charge in [-0.1, -0.05) is 5.21 Å². The number of carboxylic acids is 1. The second kappa shape index (κ2) is 8.04. The number of nitrogens with zero attached hydrogens (tertiary/aromatic N) is 5. The topological polar surface area (TPSA) is 115 Å². The van der Waals surface area contributed by atoms with Gasteiger partial charge in [-0.3, -0.25) is 9.69 Å². The molecule has 0 bridgehead atoms. The molecule has 0 saturated carbocycles. The third-order valence-electron chi connectivity index (χ3n) is 3.57. The third kappa shape index (κ3) is 5.15. The standard InChI is InChI=1S/C10H18N6O.C2HF3O2/c1-7(15(2)3)10(17)16-6-4-5-8(16)9-11-13-14-12-9;3-2(4,5)1(6)7/h7-8H,4-6H2,1-3H3,(H,11,12,13,14);(H,6,7)/t7-,8?;/m1./s1. The number of amides is 1. The van der Waals surface area contributed by atoms with Gasteiger partial charge in [-0.15, -0.1) is 10.2 Å². The van der Waals surface area contributed by atoms with E-state index < -0.39 is 12.1 Å². The molecule has 0 aromatic carbocycles. The zero-order chi connectivity index (χ0) is 18.5. The number of hydrogen-bond donors (Lipinski definition) is 2. The van der Waals surface area contributed by atoms with E-state index in [1.165, 1.54) is 0 Å². The van der Waals surface area contributed by atoms with Gasteiger partial charge in [0.15, 0.2) is 5.82 Å². The highest BCUT2D eigenvalue weighted by Crippen LogP contribution is 2.29. The van der Waals surface area contributed by atoms with E-state index in [2.05, 4.69) is 20.6 Å². The number of likely N-dealkylation sites (N-methyl/N-ethyl adjacent to an activating group) is 1. The molecule has 2 rings (SSSR count). The minimum atomic E-state index is -5.08. The maximum Gasteiger partial charge on any atom is 0.490 e. The second-order valence-corrected chi connectivity index (χ2v) is 5.40. The number of hydrogen-bond acceptors (Lipinski definition) is 6. The normalized spacial score (nSPS) is 19.0. The molecular formula is C12H19F3N6O3. The van der Waals surface area contributed by atoms with Crippen LogP contribution in [0.5, 0.6) is 0 Å². The molecule has 24 heavy (non-hydrogen) atoms. The number of H-pyrrole nitrogens is 1. The van der Waals surface area contributed by atoms with Crippen molar-refractivity contribution in [1.82, 2.24) is 30.4 Å². The maximum absolute atomic E-state index is 12.3. The van der Waals surface area contributed by atoms with Crippen LogP contribution in [-0.4, -0.2) is 80.3 Å². The molecule has 1 saturated heterocycles. The van der Waals surface area contributed by atoms with Crippen LogP contribution in [0, 0.1) is 0 Å². The number of rotatable bonds is 3. The first-order valence-electron chi connectivity index (χ1n) is 7.06. The first kappa shape index (κ1) is 19.8. The smallest absolute Gasteiger partial charge is 0.475 e. The quantitative estimate of drug-likeness (QED) is 0.811. The van der Waals surface area contributed by atoms with Crippen molar-refractivity contribution < 1.29 is 27.9 Å². The summed E-state index contributed by atoms with van der Waals surface area (Å²) in [7, 11) is 3.81. The molecular weight excluding hydrogens is 333 g/mol. The lowest BCUT2D eigenvalue weighted by atomic mass is 10.2. The van der Waals surface area contributed by atoms with Crippen LogP contribution in [0.3, 0.4) is 0 Å². The molecule has 0 aliphatic carbocycles. The maximum atomic E-state index is 12.3. The van der Waals surface area contributed by atoms with E-state index in [4.69, 9.17) is 9.90 Å². The van der Waals surface area contributed by atoms with E-state index in [9.17, 15) is 18.0 Å². The highest BCUT2D eigenvalue weighted by Gasteiger charge is 2.38. The van der Waals surface area contributed by atoms with E-state index >= 15 is 0 Å². The number of carboxylic acid groups (broad SMARTS) is 1. The summed E-state index contributed by atoms with van der Waals surface area (Å²) in [5, 5.41) is 21.1. The molecule has 2 heterocycles. The molecule has 1 aliphatic rings. The van der Waals surface area contributed by atoms with Crippen molar-refractivity contribution in [2.45, 2.75) is 38.0 Å². The molecule has 136 valence electrons. The number of halogens is 3. The highest BCUT2D eigenvalue weighted by molar-refractivity contribution is 5.82. The summed E-state index contributed by atoms with van der Waals surface area (Å²) in [4.78, 5) is 25.0. The van der Waals surface area contributed by atoms with Crippen molar-refractivity contribution in [2.24, 2.45) is 0 Å². The van der Waals surface area contributed by atoms with Gasteiger partial charge in [-0.05, 0) is 33.9 Å². The van der Waals surface area contributed by atoms with Gasteiger partial charge < -0.3 is 10.0 Å². The Hall–Kier alpha value is -2.24. The number of carbonyl (C=O) groups is 2. The molecule has 1 aromatic rings. The molecule has 9 nitrogen and oxygen atoms in total. The fourth-order valence-electron chi connectivity index (χ4n) is 2.07. The predicted octanol–water partition coefficient (Wildman–Crippen LogP) is 0.447. The number of aromatic amines is 1. The van der Waals surface area contributed by atoms with Crippen LogP contribution < -0.4 is 0 Å². The van der Waals surface area contributed by atoms with Gasteiger partial charge in [0.2, 0.25) is 5.91 Å². The Kier molecular flexibility index (Phi) is 6.63.